The number of anilines is 1. The molecule has 2 aromatic heterocycles. The van der Waals surface area contributed by atoms with Crippen LogP contribution in [0.5, 0.6) is 5.75 Å². The summed E-state index contributed by atoms with van der Waals surface area (Å²) in [7, 11) is 0. The van der Waals surface area contributed by atoms with Gasteiger partial charge in [-0.1, -0.05) is 58.0 Å². The van der Waals surface area contributed by atoms with Gasteiger partial charge in [-0.3, -0.25) is 19.4 Å². The minimum Gasteiger partial charge on any atom is -0.491 e. The van der Waals surface area contributed by atoms with Crippen LogP contribution in [0.1, 0.15) is 82.5 Å². The number of benzene rings is 3. The molecule has 3 aromatic carbocycles. The van der Waals surface area contributed by atoms with E-state index in [1.165, 1.54) is 11.0 Å². The molecule has 5 aromatic rings. The number of thiazole rings is 1. The fourth-order valence-corrected chi connectivity index (χ4v) is 10.7. The van der Waals surface area contributed by atoms with E-state index in [0.29, 0.717) is 103 Å². The number of aromatic nitrogens is 2. The van der Waals surface area contributed by atoms with Gasteiger partial charge in [0, 0.05) is 55.3 Å². The van der Waals surface area contributed by atoms with Crippen molar-refractivity contribution >= 4 is 45.6 Å². The molecule has 2 fully saturated rings. The van der Waals surface area contributed by atoms with Crippen LogP contribution in [0.4, 0.5) is 10.1 Å². The summed E-state index contributed by atoms with van der Waals surface area (Å²) >= 11 is 1.59. The number of halogens is 1. The Hall–Kier alpha value is -5.44. The standard InChI is InChI=1S/C58H77FN6O10S/c1-39(42-13-15-43(16-14-42)49-19-20-60-51-18-17-45(59)33-50(49)51)55(67)64-46-7-6-8-48(34-46)75-32-31-74-30-29-73-28-27-72-26-25-71-24-23-70-22-21-61-54(58(3,4)5)57(69)65-37-47(66)35-52(65)56(68)62-36-41-9-11-44(12-10-41)53-40(2)63-38-76-53/h6-12,17-20,33-34,38-39,42-43,47,52,54,61,66H,13-16,21-32,35-37H2,1-5H3,(H,62,68)(H,64,67)/t39-,42?,43?,47-,52+,54-/m1/s1. The summed E-state index contributed by atoms with van der Waals surface area (Å²) in [6.45, 7) is 15.1. The smallest absolute Gasteiger partial charge is 0.243 e. The average Bonchev–Trinajstić information content (AvgIpc) is 4.04. The van der Waals surface area contributed by atoms with Gasteiger partial charge in [0.2, 0.25) is 17.7 Å². The molecule has 4 atom stereocenters. The van der Waals surface area contributed by atoms with Crippen LogP contribution in [-0.4, -0.2) is 142 Å². The first-order valence-electron chi connectivity index (χ1n) is 26.7. The lowest BCUT2D eigenvalue weighted by Gasteiger charge is -2.35. The number of nitrogens with zero attached hydrogens (tertiary/aromatic N) is 3. The summed E-state index contributed by atoms with van der Waals surface area (Å²) in [5, 5.41) is 20.8. The highest BCUT2D eigenvalue weighted by Crippen LogP contribution is 2.41. The Balaban J connectivity index is 0.667. The van der Waals surface area contributed by atoms with Crippen molar-refractivity contribution in [2.75, 3.05) is 91.1 Å². The van der Waals surface area contributed by atoms with E-state index in [2.05, 4.69) is 25.9 Å². The maximum atomic E-state index is 14.1. The van der Waals surface area contributed by atoms with Gasteiger partial charge in [0.15, 0.2) is 0 Å². The molecular formula is C58H77FN6O10S. The van der Waals surface area contributed by atoms with Crippen molar-refractivity contribution in [3.8, 4) is 16.2 Å². The maximum absolute atomic E-state index is 14.1. The van der Waals surface area contributed by atoms with Crippen LogP contribution in [0.15, 0.2) is 84.5 Å². The van der Waals surface area contributed by atoms with Gasteiger partial charge in [0.1, 0.15) is 24.2 Å². The van der Waals surface area contributed by atoms with Gasteiger partial charge in [-0.05, 0) is 103 Å². The minimum atomic E-state index is -0.785. The second-order valence-corrected chi connectivity index (χ2v) is 21.6. The molecule has 1 aliphatic heterocycles. The highest BCUT2D eigenvalue weighted by Gasteiger charge is 2.44. The second-order valence-electron chi connectivity index (χ2n) is 20.7. The lowest BCUT2D eigenvalue weighted by atomic mass is 9.73. The number of aliphatic hydroxyl groups is 1. The quantitative estimate of drug-likeness (QED) is 0.0336. The van der Waals surface area contributed by atoms with Crippen LogP contribution in [0.25, 0.3) is 21.3 Å². The highest BCUT2D eigenvalue weighted by atomic mass is 32.1. The molecule has 1 aliphatic carbocycles. The topological polar surface area (TPSA) is 192 Å². The number of rotatable bonds is 29. The zero-order chi connectivity index (χ0) is 53.9. The Bertz CT molecular complexity index is 2610. The number of pyridine rings is 1. The number of ether oxygens (including phenoxy) is 6. The summed E-state index contributed by atoms with van der Waals surface area (Å²) in [4.78, 5) is 52.0. The molecule has 3 amide bonds. The van der Waals surface area contributed by atoms with Crippen molar-refractivity contribution in [2.45, 2.75) is 97.4 Å². The van der Waals surface area contributed by atoms with Crippen LogP contribution in [0.3, 0.4) is 0 Å². The summed E-state index contributed by atoms with van der Waals surface area (Å²) < 4.78 is 48.2. The summed E-state index contributed by atoms with van der Waals surface area (Å²) in [5.74, 6) is 0.298. The van der Waals surface area contributed by atoms with Gasteiger partial charge in [-0.25, -0.2) is 9.37 Å². The van der Waals surface area contributed by atoms with Gasteiger partial charge < -0.3 is 54.4 Å². The Morgan fingerprint density at radius 2 is 1.47 bits per heavy atom. The van der Waals surface area contributed by atoms with Gasteiger partial charge in [0.25, 0.3) is 0 Å². The van der Waals surface area contributed by atoms with Gasteiger partial charge in [-0.2, -0.15) is 0 Å². The van der Waals surface area contributed by atoms with Gasteiger partial charge >= 0.3 is 0 Å². The number of hydrogen-bond acceptors (Lipinski definition) is 14. The number of fused-ring (bicyclic) bond motifs is 1. The van der Waals surface area contributed by atoms with Gasteiger partial charge in [0.05, 0.1) is 99.8 Å². The fourth-order valence-electron chi connectivity index (χ4n) is 9.93. The summed E-state index contributed by atoms with van der Waals surface area (Å²) in [6.07, 6.45) is 4.95. The number of nitrogens with one attached hydrogen (secondary N) is 3. The van der Waals surface area contributed by atoms with Gasteiger partial charge in [-0.15, -0.1) is 11.3 Å². The van der Waals surface area contributed by atoms with E-state index in [-0.39, 0.29) is 48.3 Å². The predicted octanol–water partition coefficient (Wildman–Crippen LogP) is 8.10. The van der Waals surface area contributed by atoms with Crippen molar-refractivity contribution in [1.29, 1.82) is 0 Å². The molecule has 18 heteroatoms. The monoisotopic (exact) mass is 1070 g/mol. The largest absolute Gasteiger partial charge is 0.491 e. The predicted molar refractivity (Wildman–Crippen MR) is 292 cm³/mol. The zero-order valence-electron chi connectivity index (χ0n) is 44.7. The molecule has 7 rings (SSSR count). The Labute approximate surface area is 450 Å². The third-order valence-corrected chi connectivity index (χ3v) is 15.1. The van der Waals surface area contributed by atoms with E-state index in [0.717, 1.165) is 63.8 Å². The number of carbonyl (C=O) groups is 3. The molecular weight excluding hydrogens is 992 g/mol. The Morgan fingerprint density at radius 3 is 2.12 bits per heavy atom. The molecule has 412 valence electrons. The zero-order valence-corrected chi connectivity index (χ0v) is 45.5. The van der Waals surface area contributed by atoms with Crippen LogP contribution in [0, 0.1) is 30.0 Å². The molecule has 1 saturated heterocycles. The number of likely N-dealkylation sites (tertiary alicyclic amines) is 1. The molecule has 0 spiro atoms. The average molecular weight is 1070 g/mol. The highest BCUT2D eigenvalue weighted by molar-refractivity contribution is 7.13. The molecule has 76 heavy (non-hydrogen) atoms. The van der Waals surface area contributed by atoms with Crippen molar-refractivity contribution in [1.82, 2.24) is 25.5 Å². The first-order chi connectivity index (χ1) is 36.7. The van der Waals surface area contributed by atoms with E-state index in [1.54, 1.807) is 29.7 Å². The fraction of sp³-hybridized carbons (Fsp3) is 0.534. The first kappa shape index (κ1) is 58.2. The van der Waals surface area contributed by atoms with E-state index < -0.39 is 23.6 Å². The van der Waals surface area contributed by atoms with E-state index in [4.69, 9.17) is 28.4 Å². The van der Waals surface area contributed by atoms with Crippen molar-refractivity contribution < 1.29 is 52.3 Å². The third-order valence-electron chi connectivity index (χ3n) is 14.2. The number of β-amino-alcohol motifs (C(OH)–C–C–N with tert-alkyl or cyclic N) is 1. The van der Waals surface area contributed by atoms with Crippen LogP contribution < -0.4 is 20.7 Å². The number of aryl methyl sites for hydroxylation is 1. The van der Waals surface area contributed by atoms with Crippen molar-refractivity contribution in [3.63, 3.8) is 0 Å². The van der Waals surface area contributed by atoms with E-state index >= 15 is 0 Å². The molecule has 0 bridgehead atoms. The van der Waals surface area contributed by atoms with Crippen molar-refractivity contribution in [2.24, 2.45) is 17.3 Å². The lowest BCUT2D eigenvalue weighted by Crippen LogP contribution is -2.57. The summed E-state index contributed by atoms with van der Waals surface area (Å²) in [6, 6.07) is 20.8. The molecule has 4 N–H and O–H groups in total. The molecule has 3 heterocycles. The number of amides is 3. The second kappa shape index (κ2) is 29.3. The third kappa shape index (κ3) is 17.3. The lowest BCUT2D eigenvalue weighted by molar-refractivity contribution is -0.142. The van der Waals surface area contributed by atoms with E-state index in [9.17, 15) is 23.9 Å². The molecule has 0 radical (unpaired) electrons. The Kier molecular flexibility index (Phi) is 22.5. The minimum absolute atomic E-state index is 0.0107. The molecule has 0 unspecified atom stereocenters. The normalized spacial score (nSPS) is 18.6. The van der Waals surface area contributed by atoms with Crippen LogP contribution in [0.2, 0.25) is 0 Å². The van der Waals surface area contributed by atoms with E-state index in [1.807, 2.05) is 94.7 Å². The number of aliphatic hydroxyl groups excluding tert-OH is 1. The molecule has 16 nitrogen and oxygen atoms in total. The van der Waals surface area contributed by atoms with Crippen LogP contribution in [-0.2, 0) is 44.6 Å². The van der Waals surface area contributed by atoms with Crippen LogP contribution >= 0.6 is 11.3 Å². The molecule has 2 aliphatic rings. The van der Waals surface area contributed by atoms with Crippen molar-refractivity contribution in [3.05, 3.63) is 107 Å². The Morgan fingerprint density at radius 1 is 0.816 bits per heavy atom. The number of carbonyl (C=O) groups excluding carboxylic acids is 3. The molecule has 1 saturated carbocycles. The number of hydrogen-bond donors (Lipinski definition) is 4. The SMILES string of the molecule is Cc1ncsc1-c1ccc(CNC(=O)[C@@H]2C[C@@H](O)CN2C(=O)[C@@H](NCCOCCOCCOCCOCCOCCOc2cccc(NC(=O)[C@H](C)C3CCC(c4ccnc5ccc(F)cc45)CC3)c2)C(C)(C)C)cc1. The maximum Gasteiger partial charge on any atom is 0.243 e. The summed E-state index contributed by atoms with van der Waals surface area (Å²) in [5.41, 5.74) is 6.99. The first-order valence-corrected chi connectivity index (χ1v) is 27.6.